The normalized spacial score (nSPS) is 17.9. The summed E-state index contributed by atoms with van der Waals surface area (Å²) in [5, 5.41) is 10.1. The minimum absolute atomic E-state index is 0.0738. The van der Waals surface area contributed by atoms with E-state index in [0.717, 1.165) is 6.54 Å². The molecule has 0 unspecified atom stereocenters. The summed E-state index contributed by atoms with van der Waals surface area (Å²) in [7, 11) is 0. The average molecular weight is 339 g/mol. The fourth-order valence-electron chi connectivity index (χ4n) is 2.32. The van der Waals surface area contributed by atoms with Crippen molar-refractivity contribution < 1.29 is 13.9 Å². The van der Waals surface area contributed by atoms with Gasteiger partial charge in [0.15, 0.2) is 0 Å². The highest BCUT2D eigenvalue weighted by atomic mass is 35.5. The fraction of sp³-hybridized carbons (Fsp3) is 0.333. The molecule has 1 fully saturated rings. The van der Waals surface area contributed by atoms with Crippen molar-refractivity contribution in [1.82, 2.24) is 15.1 Å². The highest BCUT2D eigenvalue weighted by molar-refractivity contribution is 6.30. The molecule has 2 aromatic rings. The number of anilines is 1. The number of carbonyl (C=O) groups excluding carboxylic acids is 1. The summed E-state index contributed by atoms with van der Waals surface area (Å²) in [6.45, 7) is 2.04. The van der Waals surface area contributed by atoms with Gasteiger partial charge in [-0.2, -0.15) is 5.10 Å². The molecule has 122 valence electrons. The van der Waals surface area contributed by atoms with E-state index in [-0.39, 0.29) is 10.9 Å². The molecule has 3 rings (SSSR count). The number of rotatable bonds is 4. The maximum Gasteiger partial charge on any atom is 0.255 e. The molecule has 8 heteroatoms. The van der Waals surface area contributed by atoms with Crippen LogP contribution in [0.25, 0.3) is 0 Å². The first-order valence-corrected chi connectivity index (χ1v) is 7.60. The number of hydrogen-bond donors (Lipinski definition) is 2. The predicted molar refractivity (Wildman–Crippen MR) is 84.0 cm³/mol. The third-order valence-electron chi connectivity index (χ3n) is 3.50. The molecule has 1 saturated heterocycles. The molecule has 1 amide bonds. The van der Waals surface area contributed by atoms with Crippen molar-refractivity contribution in [3.8, 4) is 0 Å². The summed E-state index contributed by atoms with van der Waals surface area (Å²) in [5.41, 5.74) is 0.696. The fourth-order valence-corrected chi connectivity index (χ4v) is 2.43. The number of halogens is 2. The van der Waals surface area contributed by atoms with Crippen molar-refractivity contribution in [2.24, 2.45) is 0 Å². The van der Waals surface area contributed by atoms with Crippen LogP contribution in [0.15, 0.2) is 30.5 Å². The van der Waals surface area contributed by atoms with Gasteiger partial charge in [-0.1, -0.05) is 17.7 Å². The van der Waals surface area contributed by atoms with Crippen LogP contribution in [-0.4, -0.2) is 41.5 Å². The van der Waals surface area contributed by atoms with Gasteiger partial charge in [0.25, 0.3) is 5.91 Å². The SMILES string of the molecule is O=C(Nc1ccnn1Cc1ccc(Cl)c(F)c1)[C@H]1CNCCO1. The van der Waals surface area contributed by atoms with Gasteiger partial charge in [-0.15, -0.1) is 0 Å². The van der Waals surface area contributed by atoms with E-state index in [9.17, 15) is 9.18 Å². The lowest BCUT2D eigenvalue weighted by molar-refractivity contribution is -0.128. The summed E-state index contributed by atoms with van der Waals surface area (Å²) < 4.78 is 20.5. The van der Waals surface area contributed by atoms with Crippen LogP contribution < -0.4 is 10.6 Å². The van der Waals surface area contributed by atoms with Crippen molar-refractivity contribution >= 4 is 23.3 Å². The number of aromatic nitrogens is 2. The van der Waals surface area contributed by atoms with E-state index < -0.39 is 11.9 Å². The van der Waals surface area contributed by atoms with Gasteiger partial charge in [0.1, 0.15) is 17.7 Å². The molecule has 0 spiro atoms. The van der Waals surface area contributed by atoms with Crippen LogP contribution in [0.3, 0.4) is 0 Å². The zero-order valence-corrected chi connectivity index (χ0v) is 13.0. The van der Waals surface area contributed by atoms with Gasteiger partial charge in [0, 0.05) is 19.2 Å². The standard InChI is InChI=1S/C15H16ClFN4O2/c16-11-2-1-10(7-12(11)17)9-21-14(3-4-19-21)20-15(22)13-8-18-5-6-23-13/h1-4,7,13,18H,5-6,8-9H2,(H,20,22)/t13-/m1/s1. The number of hydrogen-bond acceptors (Lipinski definition) is 4. The van der Waals surface area contributed by atoms with Gasteiger partial charge >= 0.3 is 0 Å². The van der Waals surface area contributed by atoms with Gasteiger partial charge < -0.3 is 15.4 Å². The first-order valence-electron chi connectivity index (χ1n) is 7.22. The number of benzene rings is 1. The molecular formula is C15H16ClFN4O2. The first kappa shape index (κ1) is 15.9. The van der Waals surface area contributed by atoms with E-state index in [1.165, 1.54) is 12.1 Å². The second kappa shape index (κ2) is 7.08. The van der Waals surface area contributed by atoms with Gasteiger partial charge in [-0.3, -0.25) is 4.79 Å². The Balaban J connectivity index is 1.69. The van der Waals surface area contributed by atoms with Crippen molar-refractivity contribution in [3.05, 3.63) is 46.9 Å². The second-order valence-electron chi connectivity index (χ2n) is 5.18. The molecule has 0 saturated carbocycles. The minimum Gasteiger partial charge on any atom is -0.366 e. The Labute approximate surface area is 137 Å². The van der Waals surface area contributed by atoms with E-state index in [1.807, 2.05) is 0 Å². The van der Waals surface area contributed by atoms with Gasteiger partial charge in [0.2, 0.25) is 0 Å². The maximum absolute atomic E-state index is 13.5. The van der Waals surface area contributed by atoms with E-state index in [2.05, 4.69) is 15.7 Å². The molecule has 1 aliphatic rings. The Bertz CT molecular complexity index is 701. The number of nitrogens with one attached hydrogen (secondary N) is 2. The Hall–Kier alpha value is -1.96. The topological polar surface area (TPSA) is 68.2 Å². The number of carbonyl (C=O) groups is 1. The maximum atomic E-state index is 13.5. The number of nitrogens with zero attached hydrogens (tertiary/aromatic N) is 2. The van der Waals surface area contributed by atoms with Crippen LogP contribution in [-0.2, 0) is 16.1 Å². The highest BCUT2D eigenvalue weighted by Crippen LogP contribution is 2.17. The molecule has 2 heterocycles. The van der Waals surface area contributed by atoms with Gasteiger partial charge in [-0.05, 0) is 17.7 Å². The Morgan fingerprint density at radius 3 is 3.13 bits per heavy atom. The second-order valence-corrected chi connectivity index (χ2v) is 5.58. The Morgan fingerprint density at radius 1 is 1.52 bits per heavy atom. The lowest BCUT2D eigenvalue weighted by Crippen LogP contribution is -2.45. The molecule has 0 aliphatic carbocycles. The van der Waals surface area contributed by atoms with Crippen LogP contribution in [0.4, 0.5) is 10.2 Å². The van der Waals surface area contributed by atoms with Crippen molar-refractivity contribution in [3.63, 3.8) is 0 Å². The number of ether oxygens (including phenoxy) is 1. The van der Waals surface area contributed by atoms with Crippen molar-refractivity contribution in [1.29, 1.82) is 0 Å². The van der Waals surface area contributed by atoms with Crippen LogP contribution >= 0.6 is 11.6 Å². The van der Waals surface area contributed by atoms with Crippen LogP contribution in [0.2, 0.25) is 5.02 Å². The zero-order valence-electron chi connectivity index (χ0n) is 12.3. The number of amides is 1. The van der Waals surface area contributed by atoms with E-state index >= 15 is 0 Å². The molecule has 1 aliphatic heterocycles. The monoisotopic (exact) mass is 338 g/mol. The summed E-state index contributed by atoms with van der Waals surface area (Å²) in [6.07, 6.45) is 1.04. The molecule has 0 radical (unpaired) electrons. The first-order chi connectivity index (χ1) is 11.1. The lowest BCUT2D eigenvalue weighted by Gasteiger charge is -2.22. The molecule has 2 N–H and O–H groups in total. The molecule has 0 bridgehead atoms. The Kier molecular flexibility index (Phi) is 4.90. The third kappa shape index (κ3) is 3.87. The molecular weight excluding hydrogens is 323 g/mol. The quantitative estimate of drug-likeness (QED) is 0.889. The molecule has 1 atom stereocenters. The predicted octanol–water partition coefficient (Wildman–Crippen LogP) is 1.65. The largest absolute Gasteiger partial charge is 0.366 e. The third-order valence-corrected chi connectivity index (χ3v) is 3.81. The molecule has 1 aromatic heterocycles. The highest BCUT2D eigenvalue weighted by Gasteiger charge is 2.22. The summed E-state index contributed by atoms with van der Waals surface area (Å²) in [6, 6.07) is 6.24. The van der Waals surface area contributed by atoms with Crippen molar-refractivity contribution in [2.75, 3.05) is 25.0 Å². The van der Waals surface area contributed by atoms with Gasteiger partial charge in [-0.25, -0.2) is 9.07 Å². The lowest BCUT2D eigenvalue weighted by atomic mass is 10.2. The summed E-state index contributed by atoms with van der Waals surface area (Å²) in [4.78, 5) is 12.2. The van der Waals surface area contributed by atoms with E-state index in [1.54, 1.807) is 23.0 Å². The molecule has 1 aromatic carbocycles. The number of morpholine rings is 1. The molecule has 23 heavy (non-hydrogen) atoms. The van der Waals surface area contributed by atoms with E-state index in [0.29, 0.717) is 31.1 Å². The van der Waals surface area contributed by atoms with Crippen LogP contribution in [0.5, 0.6) is 0 Å². The Morgan fingerprint density at radius 2 is 2.39 bits per heavy atom. The zero-order chi connectivity index (χ0) is 16.2. The molecule has 6 nitrogen and oxygen atoms in total. The minimum atomic E-state index is -0.528. The van der Waals surface area contributed by atoms with Crippen LogP contribution in [0, 0.1) is 5.82 Å². The average Bonchev–Trinajstić information content (AvgIpc) is 2.98. The van der Waals surface area contributed by atoms with Crippen molar-refractivity contribution in [2.45, 2.75) is 12.6 Å². The van der Waals surface area contributed by atoms with Gasteiger partial charge in [0.05, 0.1) is 24.4 Å². The van der Waals surface area contributed by atoms with E-state index in [4.69, 9.17) is 16.3 Å². The smallest absolute Gasteiger partial charge is 0.255 e. The summed E-state index contributed by atoms with van der Waals surface area (Å²) >= 11 is 5.67. The summed E-state index contributed by atoms with van der Waals surface area (Å²) in [5.74, 6) is -0.190. The van der Waals surface area contributed by atoms with Crippen LogP contribution in [0.1, 0.15) is 5.56 Å².